The molecule has 0 radical (unpaired) electrons. The molecule has 0 amide bonds. The highest BCUT2D eigenvalue weighted by atomic mass is 32.2. The molecule has 26 heavy (non-hydrogen) atoms. The number of benzene rings is 1. The molecule has 0 aromatic heterocycles. The van der Waals surface area contributed by atoms with Crippen LogP contribution in [0.4, 0.5) is 8.78 Å². The Morgan fingerprint density at radius 2 is 1.92 bits per heavy atom. The highest BCUT2D eigenvalue weighted by Crippen LogP contribution is 2.25. The third-order valence-corrected chi connectivity index (χ3v) is 6.85. The summed E-state index contributed by atoms with van der Waals surface area (Å²) in [5.41, 5.74) is 0. The summed E-state index contributed by atoms with van der Waals surface area (Å²) < 4.78 is 80.4. The number of hydrogen-bond donors (Lipinski definition) is 1. The summed E-state index contributed by atoms with van der Waals surface area (Å²) in [7, 11) is -7.37. The fourth-order valence-corrected chi connectivity index (χ4v) is 4.79. The molecule has 146 valence electrons. The molecule has 1 aliphatic rings. The first-order valence-corrected chi connectivity index (χ1v) is 10.8. The van der Waals surface area contributed by atoms with Gasteiger partial charge in [0.2, 0.25) is 20.0 Å². The second-order valence-corrected chi connectivity index (χ2v) is 9.43. The van der Waals surface area contributed by atoms with E-state index in [0.717, 1.165) is 5.41 Å². The van der Waals surface area contributed by atoms with Crippen molar-refractivity contribution in [2.75, 3.05) is 19.6 Å². The molecule has 0 unspecified atom stereocenters. The monoisotopic (exact) mass is 410 g/mol. The van der Waals surface area contributed by atoms with E-state index in [0.29, 0.717) is 19.4 Å². The van der Waals surface area contributed by atoms with Gasteiger partial charge in [-0.1, -0.05) is 6.58 Å². The average molecular weight is 410 g/mol. The minimum Gasteiger partial charge on any atom is -0.435 e. The molecular weight excluding hydrogens is 390 g/mol. The Kier molecular flexibility index (Phi) is 6.72. The lowest BCUT2D eigenvalue weighted by Gasteiger charge is -2.31. The lowest BCUT2D eigenvalue weighted by atomic mass is 10.0. The maximum Gasteiger partial charge on any atom is 0.387 e. The molecule has 0 aliphatic carbocycles. The van der Waals surface area contributed by atoms with Gasteiger partial charge < -0.3 is 4.74 Å². The van der Waals surface area contributed by atoms with Gasteiger partial charge >= 0.3 is 6.61 Å². The van der Waals surface area contributed by atoms with Gasteiger partial charge in [-0.05, 0) is 43.0 Å². The molecule has 1 saturated heterocycles. The zero-order valence-corrected chi connectivity index (χ0v) is 15.5. The number of ether oxygens (including phenoxy) is 1. The van der Waals surface area contributed by atoms with E-state index in [-0.39, 0.29) is 29.7 Å². The van der Waals surface area contributed by atoms with Crippen molar-refractivity contribution in [1.82, 2.24) is 9.03 Å². The Balaban J connectivity index is 2.07. The Labute approximate surface area is 151 Å². The minimum absolute atomic E-state index is 0.0357. The average Bonchev–Trinajstić information content (AvgIpc) is 2.60. The number of halogens is 2. The van der Waals surface area contributed by atoms with Crippen molar-refractivity contribution in [1.29, 1.82) is 0 Å². The van der Waals surface area contributed by atoms with Crippen LogP contribution < -0.4 is 9.46 Å². The van der Waals surface area contributed by atoms with Crippen LogP contribution in [0.25, 0.3) is 0 Å². The molecule has 7 nitrogen and oxygen atoms in total. The third-order valence-electron chi connectivity index (χ3n) is 3.96. The number of alkyl halides is 2. The summed E-state index contributed by atoms with van der Waals surface area (Å²) in [6, 6.07) is 4.74. The van der Waals surface area contributed by atoms with E-state index in [1.807, 2.05) is 0 Å². The first kappa shape index (κ1) is 20.7. The fourth-order valence-electron chi connectivity index (χ4n) is 2.65. The predicted molar refractivity (Wildman–Crippen MR) is 91.7 cm³/mol. The molecule has 1 fully saturated rings. The summed E-state index contributed by atoms with van der Waals surface area (Å²) in [6.45, 7) is 0.799. The van der Waals surface area contributed by atoms with Gasteiger partial charge in [0.05, 0.1) is 4.90 Å². The van der Waals surface area contributed by atoms with E-state index in [1.165, 1.54) is 28.6 Å². The van der Waals surface area contributed by atoms with Gasteiger partial charge in [0.1, 0.15) is 5.75 Å². The molecule has 1 aromatic rings. The van der Waals surface area contributed by atoms with Gasteiger partial charge in [0.15, 0.2) is 0 Å². The van der Waals surface area contributed by atoms with E-state index in [1.54, 1.807) is 0 Å². The Morgan fingerprint density at radius 3 is 2.50 bits per heavy atom. The molecule has 1 heterocycles. The topological polar surface area (TPSA) is 92.8 Å². The SMILES string of the molecule is C=CS(=O)(=O)NC[C@H]1CCCN(S(=O)(=O)c2ccc(OC(F)F)cc2)C1. The van der Waals surface area contributed by atoms with E-state index in [4.69, 9.17) is 0 Å². The Bertz CT molecular complexity index is 826. The van der Waals surface area contributed by atoms with Gasteiger partial charge in [0, 0.05) is 25.0 Å². The largest absolute Gasteiger partial charge is 0.435 e. The summed E-state index contributed by atoms with van der Waals surface area (Å²) in [5, 5.41) is 0.799. The Hall–Kier alpha value is -1.56. The van der Waals surface area contributed by atoms with Gasteiger partial charge in [-0.25, -0.2) is 21.6 Å². The third kappa shape index (κ3) is 5.47. The molecule has 0 saturated carbocycles. The summed E-state index contributed by atoms with van der Waals surface area (Å²) in [5.74, 6) is -0.302. The number of hydrogen-bond acceptors (Lipinski definition) is 5. The highest BCUT2D eigenvalue weighted by molar-refractivity contribution is 7.92. The van der Waals surface area contributed by atoms with Crippen molar-refractivity contribution in [2.24, 2.45) is 5.92 Å². The molecular formula is C15H20F2N2O5S2. The first-order valence-electron chi connectivity index (χ1n) is 7.81. The lowest BCUT2D eigenvalue weighted by molar-refractivity contribution is -0.0498. The highest BCUT2D eigenvalue weighted by Gasteiger charge is 2.30. The van der Waals surface area contributed by atoms with Gasteiger partial charge in [-0.3, -0.25) is 0 Å². The number of nitrogens with one attached hydrogen (secondary N) is 1. The maximum atomic E-state index is 12.7. The standard InChI is InChI=1S/C15H20F2N2O5S2/c1-2-25(20,21)18-10-12-4-3-9-19(11-12)26(22,23)14-7-5-13(6-8-14)24-15(16)17/h2,5-8,12,15,18H,1,3-4,9-11H2/t12-/m1/s1. The summed E-state index contributed by atoms with van der Waals surface area (Å²) in [4.78, 5) is -0.0357. The van der Waals surface area contributed by atoms with Crippen molar-refractivity contribution in [3.63, 3.8) is 0 Å². The van der Waals surface area contributed by atoms with E-state index < -0.39 is 26.7 Å². The van der Waals surface area contributed by atoms with Crippen molar-refractivity contribution in [3.8, 4) is 5.75 Å². The van der Waals surface area contributed by atoms with Crippen LogP contribution in [0.2, 0.25) is 0 Å². The molecule has 1 aliphatic heterocycles. The van der Waals surface area contributed by atoms with E-state index >= 15 is 0 Å². The van der Waals surface area contributed by atoms with Crippen LogP contribution in [-0.4, -0.2) is 47.4 Å². The van der Waals surface area contributed by atoms with Crippen LogP contribution in [0.3, 0.4) is 0 Å². The van der Waals surface area contributed by atoms with Crippen molar-refractivity contribution >= 4 is 20.0 Å². The quantitative estimate of drug-likeness (QED) is 0.705. The molecule has 0 spiro atoms. The van der Waals surface area contributed by atoms with E-state index in [9.17, 15) is 25.6 Å². The molecule has 2 rings (SSSR count). The summed E-state index contributed by atoms with van der Waals surface area (Å²) >= 11 is 0. The molecule has 1 atom stereocenters. The second kappa shape index (κ2) is 8.42. The number of nitrogens with zero attached hydrogens (tertiary/aromatic N) is 1. The first-order chi connectivity index (χ1) is 12.1. The van der Waals surface area contributed by atoms with Crippen molar-refractivity contribution in [3.05, 3.63) is 36.3 Å². The smallest absolute Gasteiger partial charge is 0.387 e. The van der Waals surface area contributed by atoms with Crippen LogP contribution in [-0.2, 0) is 20.0 Å². The minimum atomic E-state index is -3.81. The van der Waals surface area contributed by atoms with Crippen LogP contribution >= 0.6 is 0 Å². The number of sulfonamides is 2. The Morgan fingerprint density at radius 1 is 1.27 bits per heavy atom. The molecule has 1 N–H and O–H groups in total. The normalized spacial score (nSPS) is 19.4. The maximum absolute atomic E-state index is 12.7. The van der Waals surface area contributed by atoms with E-state index in [2.05, 4.69) is 16.0 Å². The predicted octanol–water partition coefficient (Wildman–Crippen LogP) is 1.75. The molecule has 1 aromatic carbocycles. The van der Waals surface area contributed by atoms with Crippen LogP contribution in [0, 0.1) is 5.92 Å². The number of piperidine rings is 1. The zero-order chi connectivity index (χ0) is 19.4. The van der Waals surface area contributed by atoms with Crippen LogP contribution in [0.5, 0.6) is 5.75 Å². The number of rotatable bonds is 8. The van der Waals surface area contributed by atoms with Gasteiger partial charge in [0.25, 0.3) is 0 Å². The fraction of sp³-hybridized carbons (Fsp3) is 0.467. The summed E-state index contributed by atoms with van der Waals surface area (Å²) in [6.07, 6.45) is 1.28. The molecule has 11 heteroatoms. The van der Waals surface area contributed by atoms with Crippen molar-refractivity contribution < 1.29 is 30.4 Å². The lowest BCUT2D eigenvalue weighted by Crippen LogP contribution is -2.43. The van der Waals surface area contributed by atoms with Crippen LogP contribution in [0.15, 0.2) is 41.1 Å². The van der Waals surface area contributed by atoms with Crippen LogP contribution in [0.1, 0.15) is 12.8 Å². The van der Waals surface area contributed by atoms with Gasteiger partial charge in [-0.2, -0.15) is 13.1 Å². The molecule has 0 bridgehead atoms. The van der Waals surface area contributed by atoms with Crippen molar-refractivity contribution in [2.45, 2.75) is 24.3 Å². The second-order valence-electron chi connectivity index (χ2n) is 5.78. The van der Waals surface area contributed by atoms with Gasteiger partial charge in [-0.15, -0.1) is 0 Å². The zero-order valence-electron chi connectivity index (χ0n) is 13.8.